The molecule has 7 heteroatoms. The average Bonchev–Trinajstić information content (AvgIpc) is 3.12. The lowest BCUT2D eigenvalue weighted by Gasteiger charge is -2.21. The molecule has 0 spiro atoms. The largest absolute Gasteiger partial charge is 0.481 e. The van der Waals surface area contributed by atoms with Crippen molar-refractivity contribution < 1.29 is 14.4 Å². The van der Waals surface area contributed by atoms with Crippen LogP contribution in [0.3, 0.4) is 0 Å². The maximum Gasteiger partial charge on any atom is 0.304 e. The van der Waals surface area contributed by atoms with Crippen LogP contribution < -0.4 is 0 Å². The van der Waals surface area contributed by atoms with Crippen molar-refractivity contribution >= 4 is 5.97 Å². The minimum Gasteiger partial charge on any atom is -0.481 e. The second-order valence-electron chi connectivity index (χ2n) is 6.78. The highest BCUT2D eigenvalue weighted by Crippen LogP contribution is 2.31. The van der Waals surface area contributed by atoms with Crippen molar-refractivity contribution in [3.05, 3.63) is 24.5 Å². The topological polar surface area (TPSA) is 102 Å². The van der Waals surface area contributed by atoms with Crippen LogP contribution in [0.2, 0.25) is 0 Å². The van der Waals surface area contributed by atoms with Crippen LogP contribution in [0.5, 0.6) is 0 Å². The predicted molar refractivity (Wildman–Crippen MR) is 90.7 cm³/mol. The number of carboxylic acids is 1. The van der Waals surface area contributed by atoms with E-state index in [-0.39, 0.29) is 12.3 Å². The molecule has 0 radical (unpaired) electrons. The number of hydrogen-bond acceptors (Lipinski definition) is 6. The Labute approximate surface area is 146 Å². The Morgan fingerprint density at radius 3 is 2.84 bits per heavy atom. The Morgan fingerprint density at radius 2 is 2.12 bits per heavy atom. The van der Waals surface area contributed by atoms with Gasteiger partial charge in [0.1, 0.15) is 5.69 Å². The van der Waals surface area contributed by atoms with E-state index in [1.54, 1.807) is 18.6 Å². The molecule has 3 rings (SSSR count). The summed E-state index contributed by atoms with van der Waals surface area (Å²) in [6.07, 6.45) is 14.2. The number of nitrogens with zero attached hydrogens (tertiary/aromatic N) is 4. The molecule has 1 saturated carbocycles. The monoisotopic (exact) mass is 344 g/mol. The van der Waals surface area contributed by atoms with E-state index >= 15 is 0 Å². The zero-order valence-electron chi connectivity index (χ0n) is 14.3. The Balaban J connectivity index is 1.62. The Morgan fingerprint density at radius 1 is 1.28 bits per heavy atom. The number of carboxylic acid groups (broad SMARTS) is 1. The summed E-state index contributed by atoms with van der Waals surface area (Å²) in [7, 11) is 0. The summed E-state index contributed by atoms with van der Waals surface area (Å²) in [6, 6.07) is 0. The van der Waals surface area contributed by atoms with Crippen LogP contribution in [0, 0.1) is 5.92 Å². The molecule has 0 aromatic carbocycles. The van der Waals surface area contributed by atoms with Crippen LogP contribution >= 0.6 is 0 Å². The fourth-order valence-electron chi connectivity index (χ4n) is 3.57. The van der Waals surface area contributed by atoms with Crippen LogP contribution in [-0.2, 0) is 4.79 Å². The first-order valence-electron chi connectivity index (χ1n) is 9.04. The molecule has 0 saturated heterocycles. The zero-order chi connectivity index (χ0) is 17.5. The molecule has 0 amide bonds. The standard InChI is InChI=1S/C18H24N4O3/c23-16(24)11-14(8-4-7-13-5-2-1-3-6-13)18-21-17(22-25-18)15-12-19-9-10-20-15/h9-10,12-14H,1-8,11H2,(H,23,24)/t14-/m1/s1. The lowest BCUT2D eigenvalue weighted by atomic mass is 9.84. The second kappa shape index (κ2) is 8.69. The summed E-state index contributed by atoms with van der Waals surface area (Å²) in [4.78, 5) is 23.7. The zero-order valence-corrected chi connectivity index (χ0v) is 14.3. The molecule has 0 aliphatic heterocycles. The van der Waals surface area contributed by atoms with Gasteiger partial charge in [-0.05, 0) is 12.3 Å². The Bertz CT molecular complexity index is 668. The first-order chi connectivity index (χ1) is 12.2. The highest BCUT2D eigenvalue weighted by molar-refractivity contribution is 5.67. The van der Waals surface area contributed by atoms with Gasteiger partial charge in [0.25, 0.3) is 0 Å². The fraction of sp³-hybridized carbons (Fsp3) is 0.611. The fourth-order valence-corrected chi connectivity index (χ4v) is 3.57. The Kier molecular flexibility index (Phi) is 6.09. The number of aliphatic carboxylic acids is 1. The molecule has 2 heterocycles. The van der Waals surface area contributed by atoms with Gasteiger partial charge >= 0.3 is 5.97 Å². The van der Waals surface area contributed by atoms with Gasteiger partial charge in [0.05, 0.1) is 12.6 Å². The molecule has 0 bridgehead atoms. The molecule has 1 fully saturated rings. The molecule has 25 heavy (non-hydrogen) atoms. The minimum atomic E-state index is -0.845. The first-order valence-corrected chi connectivity index (χ1v) is 9.04. The van der Waals surface area contributed by atoms with Gasteiger partial charge < -0.3 is 9.63 Å². The van der Waals surface area contributed by atoms with Crippen LogP contribution in [0.25, 0.3) is 11.5 Å². The van der Waals surface area contributed by atoms with E-state index in [1.807, 2.05) is 0 Å². The minimum absolute atomic E-state index is 0.00671. The third-order valence-corrected chi connectivity index (χ3v) is 4.89. The summed E-state index contributed by atoms with van der Waals surface area (Å²) in [5, 5.41) is 13.1. The molecule has 1 aliphatic carbocycles. The van der Waals surface area contributed by atoms with Gasteiger partial charge in [-0.1, -0.05) is 50.1 Å². The highest BCUT2D eigenvalue weighted by atomic mass is 16.5. The maximum absolute atomic E-state index is 11.2. The summed E-state index contributed by atoms with van der Waals surface area (Å²) in [5.74, 6) is 0.426. The molecule has 2 aromatic heterocycles. The average molecular weight is 344 g/mol. The quantitative estimate of drug-likeness (QED) is 0.776. The van der Waals surface area contributed by atoms with Crippen LogP contribution in [-0.4, -0.2) is 31.2 Å². The van der Waals surface area contributed by atoms with Crippen molar-refractivity contribution in [2.45, 2.75) is 63.7 Å². The van der Waals surface area contributed by atoms with Crippen molar-refractivity contribution in [3.63, 3.8) is 0 Å². The summed E-state index contributed by atoms with van der Waals surface area (Å²) >= 11 is 0. The summed E-state index contributed by atoms with van der Waals surface area (Å²) in [6.45, 7) is 0. The molecule has 1 atom stereocenters. The van der Waals surface area contributed by atoms with Crippen molar-refractivity contribution in [2.75, 3.05) is 0 Å². The van der Waals surface area contributed by atoms with Gasteiger partial charge in [-0.15, -0.1) is 0 Å². The molecule has 0 unspecified atom stereocenters. The lowest BCUT2D eigenvalue weighted by molar-refractivity contribution is -0.137. The van der Waals surface area contributed by atoms with Crippen molar-refractivity contribution in [2.24, 2.45) is 5.92 Å². The van der Waals surface area contributed by atoms with Gasteiger partial charge in [0.2, 0.25) is 11.7 Å². The van der Waals surface area contributed by atoms with Crippen LogP contribution in [0.1, 0.15) is 69.6 Å². The van der Waals surface area contributed by atoms with Crippen molar-refractivity contribution in [3.8, 4) is 11.5 Å². The highest BCUT2D eigenvalue weighted by Gasteiger charge is 2.23. The van der Waals surface area contributed by atoms with Crippen molar-refractivity contribution in [1.82, 2.24) is 20.1 Å². The molecule has 134 valence electrons. The first kappa shape index (κ1) is 17.5. The van der Waals surface area contributed by atoms with Gasteiger partial charge in [-0.3, -0.25) is 9.78 Å². The van der Waals surface area contributed by atoms with Gasteiger partial charge in [-0.25, -0.2) is 4.98 Å². The summed E-state index contributed by atoms with van der Waals surface area (Å²) < 4.78 is 5.33. The molecular formula is C18H24N4O3. The molecule has 2 aromatic rings. The molecule has 7 nitrogen and oxygen atoms in total. The third-order valence-electron chi connectivity index (χ3n) is 4.89. The smallest absolute Gasteiger partial charge is 0.304 e. The van der Waals surface area contributed by atoms with E-state index in [0.717, 1.165) is 25.2 Å². The molecule has 1 aliphatic rings. The van der Waals surface area contributed by atoms with Crippen LogP contribution in [0.15, 0.2) is 23.1 Å². The predicted octanol–water partition coefficient (Wildman–Crippen LogP) is 3.84. The van der Waals surface area contributed by atoms with Crippen molar-refractivity contribution in [1.29, 1.82) is 0 Å². The lowest BCUT2D eigenvalue weighted by Crippen LogP contribution is -2.10. The number of hydrogen-bond donors (Lipinski definition) is 1. The third kappa shape index (κ3) is 5.08. The van der Waals surface area contributed by atoms with E-state index < -0.39 is 5.97 Å². The normalized spacial score (nSPS) is 16.6. The van der Waals surface area contributed by atoms with E-state index in [9.17, 15) is 9.90 Å². The molecular weight excluding hydrogens is 320 g/mol. The Hall–Kier alpha value is -2.31. The number of carbonyl (C=O) groups is 1. The molecule has 1 N–H and O–H groups in total. The van der Waals surface area contributed by atoms with E-state index in [2.05, 4.69) is 20.1 Å². The summed E-state index contributed by atoms with van der Waals surface area (Å²) in [5.41, 5.74) is 0.522. The van der Waals surface area contributed by atoms with E-state index in [4.69, 9.17) is 4.52 Å². The second-order valence-corrected chi connectivity index (χ2v) is 6.78. The van der Waals surface area contributed by atoms with Gasteiger partial charge in [0.15, 0.2) is 0 Å². The van der Waals surface area contributed by atoms with E-state index in [1.165, 1.54) is 32.1 Å². The van der Waals surface area contributed by atoms with Crippen LogP contribution in [0.4, 0.5) is 0 Å². The SMILES string of the molecule is O=C(O)C[C@@H](CCCC1CCCCC1)c1nc(-c2cnccn2)no1. The maximum atomic E-state index is 11.2. The van der Waals surface area contributed by atoms with Gasteiger partial charge in [-0.2, -0.15) is 4.98 Å². The number of rotatable bonds is 8. The van der Waals surface area contributed by atoms with E-state index in [0.29, 0.717) is 17.4 Å². The number of aromatic nitrogens is 4. The van der Waals surface area contributed by atoms with Gasteiger partial charge in [0, 0.05) is 18.3 Å².